The molecule has 19 heavy (non-hydrogen) atoms. The van der Waals surface area contributed by atoms with E-state index in [9.17, 15) is 4.79 Å². The fraction of sp³-hybridized carbons (Fsp3) is 0.562. The van der Waals surface area contributed by atoms with Crippen LogP contribution >= 0.6 is 15.9 Å². The molecule has 1 aromatic carbocycles. The van der Waals surface area contributed by atoms with E-state index in [1.807, 2.05) is 18.2 Å². The third-order valence-electron chi connectivity index (χ3n) is 2.74. The first kappa shape index (κ1) is 18.2. The van der Waals surface area contributed by atoms with Crippen molar-refractivity contribution in [2.24, 2.45) is 0 Å². The van der Waals surface area contributed by atoms with Crippen molar-refractivity contribution in [1.29, 1.82) is 0 Å². The third-order valence-corrected chi connectivity index (χ3v) is 3.39. The number of halogens is 1. The molecule has 0 aliphatic carbocycles. The summed E-state index contributed by atoms with van der Waals surface area (Å²) in [6.45, 7) is 2.18. The molecule has 0 aliphatic heterocycles. The summed E-state index contributed by atoms with van der Waals surface area (Å²) in [4.78, 5) is 10.1. The predicted octanol–water partition coefficient (Wildman–Crippen LogP) is 5.40. The van der Waals surface area contributed by atoms with Crippen LogP contribution in [-0.4, -0.2) is 11.1 Å². The lowest BCUT2D eigenvalue weighted by atomic mass is 10.1. The Morgan fingerprint density at radius 1 is 1.05 bits per heavy atom. The van der Waals surface area contributed by atoms with E-state index in [0.717, 1.165) is 18.2 Å². The second-order valence-electron chi connectivity index (χ2n) is 4.53. The van der Waals surface area contributed by atoms with E-state index in [1.54, 1.807) is 0 Å². The van der Waals surface area contributed by atoms with Gasteiger partial charge in [0.15, 0.2) is 0 Å². The van der Waals surface area contributed by atoms with Gasteiger partial charge in [0.25, 0.3) is 0 Å². The van der Waals surface area contributed by atoms with Gasteiger partial charge in [0.2, 0.25) is 0 Å². The summed E-state index contributed by atoms with van der Waals surface area (Å²) >= 11 is 3.36. The molecule has 0 fully saturated rings. The van der Waals surface area contributed by atoms with Crippen molar-refractivity contribution in [3.63, 3.8) is 0 Å². The van der Waals surface area contributed by atoms with Crippen molar-refractivity contribution in [3.8, 4) is 0 Å². The van der Waals surface area contributed by atoms with Gasteiger partial charge in [-0.3, -0.25) is 4.79 Å². The molecule has 0 saturated heterocycles. The number of benzene rings is 1. The van der Waals surface area contributed by atoms with Crippen LogP contribution in [0.2, 0.25) is 0 Å². The Balaban J connectivity index is 0.000000356. The molecule has 0 heterocycles. The van der Waals surface area contributed by atoms with Crippen LogP contribution in [0.5, 0.6) is 0 Å². The predicted molar refractivity (Wildman–Crippen MR) is 84.7 cm³/mol. The molecule has 0 amide bonds. The summed E-state index contributed by atoms with van der Waals surface area (Å²) in [6.07, 6.45) is 7.25. The molecule has 0 saturated carbocycles. The van der Waals surface area contributed by atoms with Crippen molar-refractivity contribution in [1.82, 2.24) is 0 Å². The average molecular weight is 329 g/mol. The summed E-state index contributed by atoms with van der Waals surface area (Å²) in [5.74, 6) is -0.666. The SMILES string of the molecule is BrCc1ccccc1.CCCCCCCCC(=O)O. The molecule has 0 atom stereocenters. The van der Waals surface area contributed by atoms with Crippen LogP contribution in [-0.2, 0) is 10.1 Å². The lowest BCUT2D eigenvalue weighted by molar-refractivity contribution is -0.137. The lowest BCUT2D eigenvalue weighted by Gasteiger charge is -1.97. The van der Waals surface area contributed by atoms with E-state index in [-0.39, 0.29) is 0 Å². The first-order valence-electron chi connectivity index (χ1n) is 7.02. The second-order valence-corrected chi connectivity index (χ2v) is 5.09. The van der Waals surface area contributed by atoms with E-state index in [4.69, 9.17) is 5.11 Å². The van der Waals surface area contributed by atoms with E-state index in [0.29, 0.717) is 6.42 Å². The monoisotopic (exact) mass is 328 g/mol. The van der Waals surface area contributed by atoms with Crippen LogP contribution in [0.25, 0.3) is 0 Å². The highest BCUT2D eigenvalue weighted by molar-refractivity contribution is 9.08. The van der Waals surface area contributed by atoms with Gasteiger partial charge in [-0.1, -0.05) is 85.3 Å². The van der Waals surface area contributed by atoms with Gasteiger partial charge in [-0.2, -0.15) is 0 Å². The topological polar surface area (TPSA) is 37.3 Å². The molecule has 2 nitrogen and oxygen atoms in total. The summed E-state index contributed by atoms with van der Waals surface area (Å²) in [6, 6.07) is 10.3. The Bertz CT molecular complexity index is 312. The fourth-order valence-corrected chi connectivity index (χ4v) is 2.00. The zero-order chi connectivity index (χ0) is 14.3. The number of rotatable bonds is 8. The minimum absolute atomic E-state index is 0.339. The highest BCUT2D eigenvalue weighted by atomic mass is 79.9. The van der Waals surface area contributed by atoms with Crippen LogP contribution in [0.1, 0.15) is 57.4 Å². The quantitative estimate of drug-likeness (QED) is 0.512. The van der Waals surface area contributed by atoms with Crippen LogP contribution < -0.4 is 0 Å². The maximum atomic E-state index is 10.1. The number of carboxylic acids is 1. The molecule has 0 aromatic heterocycles. The number of hydrogen-bond acceptors (Lipinski definition) is 1. The van der Waals surface area contributed by atoms with Crippen molar-refractivity contribution in [2.45, 2.75) is 57.2 Å². The molecule has 1 aromatic rings. The molecular formula is C16H25BrO2. The van der Waals surface area contributed by atoms with Crippen molar-refractivity contribution < 1.29 is 9.90 Å². The Kier molecular flexibility index (Phi) is 13.0. The molecule has 3 heteroatoms. The van der Waals surface area contributed by atoms with Crippen LogP contribution in [0.15, 0.2) is 30.3 Å². The minimum Gasteiger partial charge on any atom is -0.481 e. The summed E-state index contributed by atoms with van der Waals surface area (Å²) in [7, 11) is 0. The van der Waals surface area contributed by atoms with Gasteiger partial charge in [0.1, 0.15) is 0 Å². The highest BCUT2D eigenvalue weighted by Crippen LogP contribution is 2.06. The summed E-state index contributed by atoms with van der Waals surface area (Å²) < 4.78 is 0. The van der Waals surface area contributed by atoms with Gasteiger partial charge >= 0.3 is 5.97 Å². The maximum Gasteiger partial charge on any atom is 0.303 e. The maximum absolute atomic E-state index is 10.1. The number of carbonyl (C=O) groups is 1. The van der Waals surface area contributed by atoms with Crippen LogP contribution in [0.3, 0.4) is 0 Å². The van der Waals surface area contributed by atoms with Gasteiger partial charge < -0.3 is 5.11 Å². The van der Waals surface area contributed by atoms with Crippen molar-refractivity contribution in [2.75, 3.05) is 0 Å². The van der Waals surface area contributed by atoms with Crippen LogP contribution in [0, 0.1) is 0 Å². The average Bonchev–Trinajstić information content (AvgIpc) is 2.44. The van der Waals surface area contributed by atoms with Gasteiger partial charge in [0.05, 0.1) is 0 Å². The molecule has 1 N–H and O–H groups in total. The largest absolute Gasteiger partial charge is 0.481 e. The van der Waals surface area contributed by atoms with Crippen LogP contribution in [0.4, 0.5) is 0 Å². The number of alkyl halides is 1. The Labute approximate surface area is 125 Å². The molecule has 0 spiro atoms. The molecule has 0 bridgehead atoms. The third kappa shape index (κ3) is 13.4. The summed E-state index contributed by atoms with van der Waals surface area (Å²) in [5.41, 5.74) is 1.33. The normalized spacial score (nSPS) is 9.58. The fourth-order valence-electron chi connectivity index (χ4n) is 1.62. The molecule has 108 valence electrons. The summed E-state index contributed by atoms with van der Waals surface area (Å²) in [5, 5.41) is 9.27. The number of hydrogen-bond donors (Lipinski definition) is 1. The van der Waals surface area contributed by atoms with Gasteiger partial charge in [0, 0.05) is 11.8 Å². The lowest BCUT2D eigenvalue weighted by Crippen LogP contribution is -1.93. The highest BCUT2D eigenvalue weighted by Gasteiger charge is 1.95. The van der Waals surface area contributed by atoms with E-state index in [2.05, 4.69) is 35.0 Å². The number of unbranched alkanes of at least 4 members (excludes halogenated alkanes) is 5. The standard InChI is InChI=1S/C9H18O2.C7H7Br/c1-2-3-4-5-6-7-8-9(10)11;8-6-7-4-2-1-3-5-7/h2-8H2,1H3,(H,10,11);1-5H,6H2. The zero-order valence-corrected chi connectivity index (χ0v) is 13.4. The molecule has 0 radical (unpaired) electrons. The Hall–Kier alpha value is -0.830. The number of aliphatic carboxylic acids is 1. The van der Waals surface area contributed by atoms with E-state index in [1.165, 1.54) is 31.2 Å². The van der Waals surface area contributed by atoms with E-state index >= 15 is 0 Å². The number of carboxylic acid groups (broad SMARTS) is 1. The molecule has 0 unspecified atom stereocenters. The first-order valence-corrected chi connectivity index (χ1v) is 8.14. The molecule has 1 rings (SSSR count). The Morgan fingerprint density at radius 3 is 2.11 bits per heavy atom. The minimum atomic E-state index is -0.666. The first-order chi connectivity index (χ1) is 9.20. The van der Waals surface area contributed by atoms with E-state index < -0.39 is 5.97 Å². The van der Waals surface area contributed by atoms with Crippen molar-refractivity contribution in [3.05, 3.63) is 35.9 Å². The van der Waals surface area contributed by atoms with Gasteiger partial charge in [-0.05, 0) is 12.0 Å². The Morgan fingerprint density at radius 2 is 1.63 bits per heavy atom. The zero-order valence-electron chi connectivity index (χ0n) is 11.8. The van der Waals surface area contributed by atoms with Gasteiger partial charge in [-0.15, -0.1) is 0 Å². The molecule has 0 aliphatic rings. The van der Waals surface area contributed by atoms with Crippen molar-refractivity contribution >= 4 is 21.9 Å². The smallest absolute Gasteiger partial charge is 0.303 e. The molecular weight excluding hydrogens is 304 g/mol. The van der Waals surface area contributed by atoms with Gasteiger partial charge in [-0.25, -0.2) is 0 Å². The second kappa shape index (κ2) is 13.6.